The number of likely N-dealkylation sites (N-methyl/N-ethyl adjacent to an activating group) is 1. The molecule has 0 bridgehead atoms. The summed E-state index contributed by atoms with van der Waals surface area (Å²) in [5.41, 5.74) is 7.04. The lowest BCUT2D eigenvalue weighted by atomic mass is 9.81. The molecule has 9 nitrogen and oxygen atoms in total. The van der Waals surface area contributed by atoms with Gasteiger partial charge in [0.1, 0.15) is 11.3 Å². The molecule has 50 heavy (non-hydrogen) atoms. The minimum absolute atomic E-state index is 0.235. The third kappa shape index (κ3) is 6.66. The maximum absolute atomic E-state index is 14.1. The lowest BCUT2D eigenvalue weighted by Gasteiger charge is -2.29. The number of rotatable bonds is 8. The molecule has 1 aromatic heterocycles. The van der Waals surface area contributed by atoms with Crippen molar-refractivity contribution in [3.8, 4) is 17.0 Å². The number of hydrogen-bond donors (Lipinski definition) is 3. The number of carboxylic acids is 1. The number of amides is 2. The monoisotopic (exact) mass is 674 g/mol. The normalized spacial score (nSPS) is 17.9. The quantitative estimate of drug-likeness (QED) is 0.166. The van der Waals surface area contributed by atoms with Gasteiger partial charge in [0.2, 0.25) is 5.91 Å². The van der Waals surface area contributed by atoms with E-state index in [9.17, 15) is 14.4 Å². The van der Waals surface area contributed by atoms with E-state index in [4.69, 9.17) is 9.84 Å². The van der Waals surface area contributed by atoms with Crippen molar-refractivity contribution in [3.63, 3.8) is 0 Å². The van der Waals surface area contributed by atoms with Crippen molar-refractivity contribution in [2.75, 3.05) is 26.0 Å². The largest absolute Gasteiger partial charge is 0.497 e. The summed E-state index contributed by atoms with van der Waals surface area (Å²) in [4.78, 5) is 41.1. The molecule has 3 aliphatic rings. The van der Waals surface area contributed by atoms with Crippen molar-refractivity contribution in [2.24, 2.45) is 0 Å². The molecule has 2 fully saturated rings. The van der Waals surface area contributed by atoms with Crippen molar-refractivity contribution < 1.29 is 24.2 Å². The summed E-state index contributed by atoms with van der Waals surface area (Å²) in [5, 5.41) is 16.3. The van der Waals surface area contributed by atoms with Gasteiger partial charge in [0.15, 0.2) is 0 Å². The second kappa shape index (κ2) is 14.2. The van der Waals surface area contributed by atoms with Gasteiger partial charge in [-0.15, -0.1) is 0 Å². The number of carboxylic acid groups (broad SMARTS) is 1. The van der Waals surface area contributed by atoms with Gasteiger partial charge in [-0.25, -0.2) is 4.79 Å². The van der Waals surface area contributed by atoms with Gasteiger partial charge in [0.05, 0.1) is 12.8 Å². The van der Waals surface area contributed by atoms with Gasteiger partial charge in [-0.2, -0.15) is 0 Å². The topological polar surface area (TPSA) is 113 Å². The van der Waals surface area contributed by atoms with Gasteiger partial charge in [-0.1, -0.05) is 50.3 Å². The molecule has 2 aliphatic carbocycles. The molecule has 2 saturated carbocycles. The Morgan fingerprint density at radius 1 is 0.920 bits per heavy atom. The van der Waals surface area contributed by atoms with E-state index in [0.717, 1.165) is 49.8 Å². The Morgan fingerprint density at radius 3 is 2.40 bits per heavy atom. The number of aromatic nitrogens is 1. The molecule has 7 rings (SSSR count). The predicted octanol–water partition coefficient (Wildman–Crippen LogP) is 7.59. The molecule has 3 aromatic carbocycles. The second-order valence-electron chi connectivity index (χ2n) is 14.2. The van der Waals surface area contributed by atoms with Gasteiger partial charge in [-0.3, -0.25) is 9.59 Å². The van der Waals surface area contributed by atoms with E-state index in [1.165, 1.54) is 66.0 Å². The summed E-state index contributed by atoms with van der Waals surface area (Å²) in [6.45, 7) is 2.51. The molecule has 2 amide bonds. The SMILES string of the molecule is COc1ccc2c(c1)CN(C)CCn1c-2c(C2CCCCC2)c2ccc(C(=O)NC3(C(=O)Nc4ccc(C=CC(=O)O)cc4)CCCC3)cc21. The zero-order chi connectivity index (χ0) is 34.8. The van der Waals surface area contributed by atoms with Crippen molar-refractivity contribution in [2.45, 2.75) is 82.3 Å². The Morgan fingerprint density at radius 2 is 1.68 bits per heavy atom. The molecule has 0 radical (unpaired) electrons. The van der Waals surface area contributed by atoms with E-state index in [0.29, 0.717) is 35.6 Å². The van der Waals surface area contributed by atoms with E-state index in [2.05, 4.69) is 51.4 Å². The van der Waals surface area contributed by atoms with E-state index in [1.807, 2.05) is 12.1 Å². The molecule has 1 aliphatic heterocycles. The van der Waals surface area contributed by atoms with Gasteiger partial charge >= 0.3 is 5.97 Å². The van der Waals surface area contributed by atoms with Crippen molar-refractivity contribution in [1.29, 1.82) is 0 Å². The molecule has 0 saturated heterocycles. The van der Waals surface area contributed by atoms with Gasteiger partial charge in [-0.05, 0) is 104 Å². The van der Waals surface area contributed by atoms with Crippen LogP contribution in [0.4, 0.5) is 5.69 Å². The van der Waals surface area contributed by atoms with Crippen molar-refractivity contribution >= 4 is 40.4 Å². The van der Waals surface area contributed by atoms with E-state index < -0.39 is 11.5 Å². The van der Waals surface area contributed by atoms with E-state index in [-0.39, 0.29) is 11.8 Å². The Balaban J connectivity index is 1.23. The Bertz CT molecular complexity index is 1950. The van der Waals surface area contributed by atoms with Gasteiger partial charge in [0, 0.05) is 53.4 Å². The van der Waals surface area contributed by atoms with Crippen LogP contribution in [0.3, 0.4) is 0 Å². The average Bonchev–Trinajstić information content (AvgIpc) is 3.73. The Hall–Kier alpha value is -4.89. The first-order valence-corrected chi connectivity index (χ1v) is 17.9. The first-order valence-electron chi connectivity index (χ1n) is 17.9. The molecule has 4 aromatic rings. The fourth-order valence-electron chi connectivity index (χ4n) is 8.32. The van der Waals surface area contributed by atoms with Crippen LogP contribution in [-0.4, -0.2) is 58.6 Å². The number of hydrogen-bond acceptors (Lipinski definition) is 5. The van der Waals surface area contributed by atoms with Crippen LogP contribution < -0.4 is 15.4 Å². The first-order chi connectivity index (χ1) is 24.2. The number of aliphatic carboxylic acids is 1. The number of nitrogens with zero attached hydrogens (tertiary/aromatic N) is 2. The summed E-state index contributed by atoms with van der Waals surface area (Å²) >= 11 is 0. The molecule has 9 heteroatoms. The number of carbonyl (C=O) groups is 3. The minimum atomic E-state index is -1.02. The summed E-state index contributed by atoms with van der Waals surface area (Å²) in [5.74, 6) is -0.191. The third-order valence-electron chi connectivity index (χ3n) is 10.9. The molecular formula is C41H46N4O5. The lowest BCUT2D eigenvalue weighted by molar-refractivity contribution is -0.131. The number of nitrogens with one attached hydrogen (secondary N) is 2. The Labute approximate surface area is 293 Å². The van der Waals surface area contributed by atoms with Crippen LogP contribution in [0.15, 0.2) is 66.7 Å². The number of benzene rings is 3. The molecule has 3 N–H and O–H groups in total. The van der Waals surface area contributed by atoms with Crippen molar-refractivity contribution in [3.05, 3.63) is 89.0 Å². The van der Waals surface area contributed by atoms with Crippen LogP contribution in [0.5, 0.6) is 5.75 Å². The highest BCUT2D eigenvalue weighted by Gasteiger charge is 2.43. The van der Waals surface area contributed by atoms with Crippen molar-refractivity contribution in [1.82, 2.24) is 14.8 Å². The summed E-state index contributed by atoms with van der Waals surface area (Å²) in [6.07, 6.45) is 11.5. The highest BCUT2D eigenvalue weighted by Crippen LogP contribution is 2.46. The molecule has 260 valence electrons. The van der Waals surface area contributed by atoms with Gasteiger partial charge < -0.3 is 29.9 Å². The van der Waals surface area contributed by atoms with Crippen LogP contribution in [0.1, 0.15) is 90.8 Å². The number of anilines is 1. The fourth-order valence-corrected chi connectivity index (χ4v) is 8.32. The van der Waals surface area contributed by atoms with E-state index >= 15 is 0 Å². The number of methoxy groups -OCH3 is 1. The van der Waals surface area contributed by atoms with Gasteiger partial charge in [0.25, 0.3) is 5.91 Å². The zero-order valence-corrected chi connectivity index (χ0v) is 29.0. The molecule has 0 spiro atoms. The smallest absolute Gasteiger partial charge is 0.328 e. The maximum Gasteiger partial charge on any atom is 0.328 e. The summed E-state index contributed by atoms with van der Waals surface area (Å²) in [7, 11) is 3.87. The number of carbonyl (C=O) groups excluding carboxylic acids is 2. The third-order valence-corrected chi connectivity index (χ3v) is 10.9. The van der Waals surface area contributed by atoms with Crippen LogP contribution in [0.25, 0.3) is 28.2 Å². The molecule has 0 atom stereocenters. The molecule has 0 unspecified atom stereocenters. The Kier molecular flexibility index (Phi) is 9.51. The molecular weight excluding hydrogens is 628 g/mol. The predicted molar refractivity (Wildman–Crippen MR) is 196 cm³/mol. The summed E-state index contributed by atoms with van der Waals surface area (Å²) < 4.78 is 8.07. The fraction of sp³-hybridized carbons (Fsp3) is 0.390. The highest BCUT2D eigenvalue weighted by molar-refractivity contribution is 6.06. The van der Waals surface area contributed by atoms with Crippen LogP contribution in [0.2, 0.25) is 0 Å². The second-order valence-corrected chi connectivity index (χ2v) is 14.2. The lowest BCUT2D eigenvalue weighted by Crippen LogP contribution is -2.55. The minimum Gasteiger partial charge on any atom is -0.497 e. The highest BCUT2D eigenvalue weighted by atomic mass is 16.5. The molecule has 2 heterocycles. The van der Waals surface area contributed by atoms with Crippen LogP contribution >= 0.6 is 0 Å². The number of ether oxygens (including phenoxy) is 1. The van der Waals surface area contributed by atoms with E-state index in [1.54, 1.807) is 31.4 Å². The standard InChI is InChI=1S/C41H46N4O5/c1-44-22-23-45-35-25-29(39(48)43-41(20-6-7-21-41)40(49)42-31-14-10-27(11-15-31)12-19-36(46)47)13-17-34(35)37(28-8-4-3-5-9-28)38(45)33-18-16-32(50-2)24-30(33)26-44/h10-19,24-25,28H,3-9,20-23,26H2,1-2H3,(H,42,49)(H,43,48)(H,46,47). The van der Waals surface area contributed by atoms with Crippen LogP contribution in [0, 0.1) is 0 Å². The summed E-state index contributed by atoms with van der Waals surface area (Å²) in [6, 6.07) is 19.5. The first kappa shape index (κ1) is 33.6. The number of fused-ring (bicyclic) bond motifs is 5. The zero-order valence-electron chi connectivity index (χ0n) is 29.0. The van der Waals surface area contributed by atoms with Crippen LogP contribution in [-0.2, 0) is 22.7 Å². The maximum atomic E-state index is 14.1. The average molecular weight is 675 g/mol.